The fourth-order valence-electron chi connectivity index (χ4n) is 5.67. The molecule has 3 N–H and O–H groups in total. The van der Waals surface area contributed by atoms with Crippen molar-refractivity contribution in [2.24, 2.45) is 0 Å². The van der Waals surface area contributed by atoms with Gasteiger partial charge in [-0.2, -0.15) is 0 Å². The van der Waals surface area contributed by atoms with Crippen LogP contribution in [0.2, 0.25) is 0 Å². The number of nitrogens with zero attached hydrogens (tertiary/aromatic N) is 2. The topological polar surface area (TPSA) is 160 Å². The zero-order valence-corrected chi connectivity index (χ0v) is 25.9. The fraction of sp³-hybridized carbons (Fsp3) is 0.219. The average Bonchev–Trinajstić information content (AvgIpc) is 3.64. The number of carboxylic acid groups (broad SMARTS) is 1. The molecule has 2 aromatic heterocycles. The van der Waals surface area contributed by atoms with Gasteiger partial charge in [0.1, 0.15) is 34.8 Å². The summed E-state index contributed by atoms with van der Waals surface area (Å²) >= 11 is 0. The van der Waals surface area contributed by atoms with Crippen molar-refractivity contribution in [2.45, 2.75) is 13.0 Å². The summed E-state index contributed by atoms with van der Waals surface area (Å²) in [6.45, 7) is 1.35. The molecule has 1 fully saturated rings. The smallest absolute Gasteiger partial charge is 0.416 e. The van der Waals surface area contributed by atoms with Crippen molar-refractivity contribution in [1.29, 1.82) is 0 Å². The Morgan fingerprint density at radius 3 is 2.49 bits per heavy atom. The van der Waals surface area contributed by atoms with E-state index in [9.17, 15) is 36.7 Å². The molecule has 6 rings (SSSR count). The van der Waals surface area contributed by atoms with E-state index in [-0.39, 0.29) is 70.2 Å². The molecule has 5 aromatic rings. The predicted octanol–water partition coefficient (Wildman–Crippen LogP) is 5.19. The van der Waals surface area contributed by atoms with E-state index in [1.807, 2.05) is 0 Å². The summed E-state index contributed by atoms with van der Waals surface area (Å²) in [5.74, 6) is -2.67. The summed E-state index contributed by atoms with van der Waals surface area (Å²) < 4.78 is 69.1. The lowest BCUT2D eigenvalue weighted by Gasteiger charge is -2.34. The highest BCUT2D eigenvalue weighted by Crippen LogP contribution is 2.40. The molecular formula is C32H28F2N4O8S. The van der Waals surface area contributed by atoms with Gasteiger partial charge in [0.15, 0.2) is 0 Å². The largest absolute Gasteiger partial charge is 0.464 e. The van der Waals surface area contributed by atoms with Crippen molar-refractivity contribution >= 4 is 55.5 Å². The van der Waals surface area contributed by atoms with Gasteiger partial charge >= 0.3 is 6.09 Å². The lowest BCUT2D eigenvalue weighted by molar-refractivity contribution is -0.0227. The lowest BCUT2D eigenvalue weighted by atomic mass is 9.99. The maximum Gasteiger partial charge on any atom is 0.416 e. The number of sulfonamides is 1. The lowest BCUT2D eigenvalue weighted by Crippen LogP contribution is -2.43. The van der Waals surface area contributed by atoms with Crippen LogP contribution >= 0.6 is 0 Å². The van der Waals surface area contributed by atoms with Gasteiger partial charge < -0.3 is 24.5 Å². The third-order valence-electron chi connectivity index (χ3n) is 7.95. The second-order valence-corrected chi connectivity index (χ2v) is 12.8. The number of hydrogen-bond acceptors (Lipinski definition) is 7. The maximum absolute atomic E-state index is 14.7. The van der Waals surface area contributed by atoms with E-state index in [2.05, 4.69) is 10.0 Å². The van der Waals surface area contributed by atoms with Gasteiger partial charge in [0, 0.05) is 41.6 Å². The first-order valence-electron chi connectivity index (χ1n) is 14.5. The number of para-hydroxylation sites is 1. The van der Waals surface area contributed by atoms with Gasteiger partial charge in [-0.05, 0) is 49.4 Å². The highest BCUT2D eigenvalue weighted by molar-refractivity contribution is 7.92. The number of hydrogen-bond donors (Lipinski definition) is 3. The van der Waals surface area contributed by atoms with E-state index in [4.69, 9.17) is 9.15 Å². The molecule has 0 radical (unpaired) electrons. The van der Waals surface area contributed by atoms with Gasteiger partial charge in [-0.3, -0.25) is 14.3 Å². The number of aromatic nitrogens is 1. The number of amides is 2. The summed E-state index contributed by atoms with van der Waals surface area (Å²) in [6, 6.07) is 13.5. The molecule has 15 heteroatoms. The SMILES string of the molecule is CCS(=O)(=O)Nc1cc2oc(-c3ccc(F)cc3)c(C(=O)NC)c2cc1C1CN(C(=O)c2cc3cccc(F)c3n2C(=O)O)CCO1. The van der Waals surface area contributed by atoms with E-state index in [1.165, 1.54) is 73.5 Å². The number of morpholine rings is 1. The first-order chi connectivity index (χ1) is 22.4. The van der Waals surface area contributed by atoms with Gasteiger partial charge in [-0.1, -0.05) is 12.1 Å². The van der Waals surface area contributed by atoms with Crippen LogP contribution in [0.3, 0.4) is 0 Å². The summed E-state index contributed by atoms with van der Waals surface area (Å²) in [7, 11) is -2.42. The fourth-order valence-corrected chi connectivity index (χ4v) is 6.32. The molecule has 2 amide bonds. The number of furan rings is 1. The zero-order valence-electron chi connectivity index (χ0n) is 25.0. The van der Waals surface area contributed by atoms with Crippen molar-refractivity contribution in [3.63, 3.8) is 0 Å². The minimum atomic E-state index is -3.84. The normalized spacial score (nSPS) is 15.2. The summed E-state index contributed by atoms with van der Waals surface area (Å²) in [4.78, 5) is 40.4. The van der Waals surface area contributed by atoms with Crippen LogP contribution < -0.4 is 10.0 Å². The monoisotopic (exact) mass is 666 g/mol. The second kappa shape index (κ2) is 12.1. The zero-order chi connectivity index (χ0) is 33.6. The van der Waals surface area contributed by atoms with Crippen molar-refractivity contribution in [3.05, 3.63) is 89.1 Å². The molecular weight excluding hydrogens is 638 g/mol. The van der Waals surface area contributed by atoms with Crippen LogP contribution in [0.15, 0.2) is 65.1 Å². The highest BCUT2D eigenvalue weighted by atomic mass is 32.2. The van der Waals surface area contributed by atoms with Crippen molar-refractivity contribution < 1.29 is 45.8 Å². The Hall–Kier alpha value is -5.28. The van der Waals surface area contributed by atoms with E-state index < -0.39 is 45.7 Å². The Labute approximate surface area is 266 Å². The Morgan fingerprint density at radius 1 is 1.06 bits per heavy atom. The maximum atomic E-state index is 14.7. The molecule has 47 heavy (non-hydrogen) atoms. The molecule has 0 saturated carbocycles. The number of rotatable bonds is 7. The van der Waals surface area contributed by atoms with Crippen LogP contribution in [-0.4, -0.2) is 73.4 Å². The third-order valence-corrected chi connectivity index (χ3v) is 9.24. The number of nitrogens with one attached hydrogen (secondary N) is 2. The minimum Gasteiger partial charge on any atom is -0.464 e. The van der Waals surface area contributed by atoms with Crippen LogP contribution in [0.25, 0.3) is 33.2 Å². The molecule has 12 nitrogen and oxygen atoms in total. The summed E-state index contributed by atoms with van der Waals surface area (Å²) in [5.41, 5.74) is 0.468. The Kier molecular flexibility index (Phi) is 8.19. The number of carbonyl (C=O) groups is 3. The van der Waals surface area contributed by atoms with Crippen molar-refractivity contribution in [2.75, 3.05) is 37.2 Å². The number of carbonyl (C=O) groups excluding carboxylic acids is 2. The number of ether oxygens (including phenoxy) is 1. The van der Waals surface area contributed by atoms with Crippen molar-refractivity contribution in [1.82, 2.24) is 14.8 Å². The second-order valence-electron chi connectivity index (χ2n) is 10.8. The van der Waals surface area contributed by atoms with Gasteiger partial charge in [0.05, 0.1) is 35.7 Å². The van der Waals surface area contributed by atoms with Gasteiger partial charge in [-0.25, -0.2) is 26.6 Å². The quantitative estimate of drug-likeness (QED) is 0.214. The van der Waals surface area contributed by atoms with Crippen LogP contribution in [0.1, 0.15) is 39.4 Å². The van der Waals surface area contributed by atoms with Crippen LogP contribution in [0.5, 0.6) is 0 Å². The molecule has 1 aliphatic heterocycles. The molecule has 1 unspecified atom stereocenters. The van der Waals surface area contributed by atoms with E-state index in [0.29, 0.717) is 15.5 Å². The van der Waals surface area contributed by atoms with E-state index in [0.717, 1.165) is 6.07 Å². The molecule has 0 aliphatic carbocycles. The number of benzene rings is 3. The standard InChI is InChI=1S/C32H28F2N4O8S/c1-3-47(43,44)36-23-15-25-21(27(30(39)35-2)29(46-25)17-7-9-19(33)10-8-17)14-20(23)26-16-37(11-12-45-26)31(40)24-13-18-5-4-6-22(34)28(18)38(24)32(41)42/h4-10,13-15,26,36H,3,11-12,16H2,1-2H3,(H,35,39)(H,41,42). The summed E-state index contributed by atoms with van der Waals surface area (Å²) in [6.07, 6.45) is -2.49. The van der Waals surface area contributed by atoms with Gasteiger partial charge in [-0.15, -0.1) is 0 Å². The molecule has 1 atom stereocenters. The third kappa shape index (κ3) is 5.79. The van der Waals surface area contributed by atoms with Crippen LogP contribution in [0.4, 0.5) is 19.3 Å². The molecule has 3 heterocycles. The van der Waals surface area contributed by atoms with E-state index in [1.54, 1.807) is 0 Å². The molecule has 3 aromatic carbocycles. The van der Waals surface area contributed by atoms with Crippen molar-refractivity contribution in [3.8, 4) is 11.3 Å². The predicted molar refractivity (Wildman–Crippen MR) is 168 cm³/mol. The molecule has 1 aliphatic rings. The summed E-state index contributed by atoms with van der Waals surface area (Å²) in [5, 5.41) is 13.0. The van der Waals surface area contributed by atoms with Crippen LogP contribution in [-0.2, 0) is 14.8 Å². The molecule has 0 bridgehead atoms. The van der Waals surface area contributed by atoms with Gasteiger partial charge in [0.2, 0.25) is 10.0 Å². The van der Waals surface area contributed by atoms with E-state index >= 15 is 0 Å². The average molecular weight is 667 g/mol. The minimum absolute atomic E-state index is 0.00933. The molecule has 0 spiro atoms. The number of anilines is 1. The first kappa shape index (κ1) is 31.7. The number of halogens is 2. The number of fused-ring (bicyclic) bond motifs is 2. The Balaban J connectivity index is 1.46. The Morgan fingerprint density at radius 2 is 1.81 bits per heavy atom. The Bertz CT molecular complexity index is 2180. The molecule has 244 valence electrons. The molecule has 1 saturated heterocycles. The van der Waals surface area contributed by atoms with Gasteiger partial charge in [0.25, 0.3) is 11.8 Å². The first-order valence-corrected chi connectivity index (χ1v) is 16.1. The highest BCUT2D eigenvalue weighted by Gasteiger charge is 2.33. The van der Waals surface area contributed by atoms with Crippen LogP contribution in [0, 0.1) is 11.6 Å².